The number of benzene rings is 1. The van der Waals surface area contributed by atoms with Crippen LogP contribution in [0.4, 0.5) is 5.69 Å². The Morgan fingerprint density at radius 1 is 1.22 bits per heavy atom. The van der Waals surface area contributed by atoms with Crippen LogP contribution in [0.5, 0.6) is 0 Å². The molecule has 1 fully saturated rings. The van der Waals surface area contributed by atoms with Crippen LogP contribution in [0.3, 0.4) is 0 Å². The van der Waals surface area contributed by atoms with E-state index in [-0.39, 0.29) is 22.8 Å². The Bertz CT molecular complexity index is 722. The van der Waals surface area contributed by atoms with Crippen LogP contribution in [0.25, 0.3) is 0 Å². The molecule has 2 aromatic rings. The summed E-state index contributed by atoms with van der Waals surface area (Å²) in [5.74, 6) is 0. The molecule has 1 saturated heterocycles. The van der Waals surface area contributed by atoms with E-state index in [1.54, 1.807) is 6.20 Å². The molecule has 0 amide bonds. The Morgan fingerprint density at radius 3 is 2.52 bits per heavy atom. The maximum Gasteiger partial charge on any atom is 0.287 e. The molecule has 1 aromatic carbocycles. The minimum absolute atomic E-state index is 0.0987. The van der Waals surface area contributed by atoms with Crippen LogP contribution in [-0.4, -0.2) is 35.1 Å². The van der Waals surface area contributed by atoms with E-state index in [0.717, 1.165) is 5.56 Å². The largest absolute Gasteiger partial charge is 0.372 e. The fourth-order valence-electron chi connectivity index (χ4n) is 2.92. The second-order valence-corrected chi connectivity index (χ2v) is 6.33. The van der Waals surface area contributed by atoms with Gasteiger partial charge in [-0.05, 0) is 19.4 Å². The molecule has 0 N–H and O–H groups in total. The summed E-state index contributed by atoms with van der Waals surface area (Å²) in [5, 5.41) is 4.52. The Hall–Kier alpha value is -1.85. The molecule has 2 heterocycles. The van der Waals surface area contributed by atoms with Crippen molar-refractivity contribution in [1.29, 1.82) is 0 Å². The van der Waals surface area contributed by atoms with Gasteiger partial charge in [0.15, 0.2) is 0 Å². The summed E-state index contributed by atoms with van der Waals surface area (Å²) in [6, 6.07) is 9.73. The van der Waals surface area contributed by atoms with Gasteiger partial charge in [0.2, 0.25) is 0 Å². The summed E-state index contributed by atoms with van der Waals surface area (Å²) in [7, 11) is 0. The molecule has 1 aromatic heterocycles. The monoisotopic (exact) mass is 333 g/mol. The Labute approximate surface area is 140 Å². The molecule has 0 radical (unpaired) electrons. The van der Waals surface area contributed by atoms with Crippen LogP contribution >= 0.6 is 11.6 Å². The van der Waals surface area contributed by atoms with E-state index in [9.17, 15) is 4.79 Å². The normalized spacial score (nSPS) is 21.4. The van der Waals surface area contributed by atoms with Crippen molar-refractivity contribution >= 4 is 17.3 Å². The van der Waals surface area contributed by atoms with Crippen LogP contribution < -0.4 is 10.5 Å². The van der Waals surface area contributed by atoms with Gasteiger partial charge in [0.1, 0.15) is 5.02 Å². The number of anilines is 1. The molecule has 5 nitrogen and oxygen atoms in total. The van der Waals surface area contributed by atoms with Gasteiger partial charge in [-0.2, -0.15) is 5.10 Å². The van der Waals surface area contributed by atoms with Gasteiger partial charge in [0.05, 0.1) is 30.6 Å². The van der Waals surface area contributed by atoms with Gasteiger partial charge in [0, 0.05) is 13.1 Å². The molecule has 0 spiro atoms. The number of morpholine rings is 1. The SMILES string of the molecule is C[C@@H]1CN(c2cnn(Cc3ccccc3)c(=O)c2Cl)C[C@@H](C)O1. The second-order valence-electron chi connectivity index (χ2n) is 5.95. The second kappa shape index (κ2) is 6.72. The smallest absolute Gasteiger partial charge is 0.287 e. The minimum Gasteiger partial charge on any atom is -0.372 e. The molecular formula is C17H20ClN3O2. The molecule has 1 aliphatic heterocycles. The highest BCUT2D eigenvalue weighted by Gasteiger charge is 2.25. The number of nitrogens with zero attached hydrogens (tertiary/aromatic N) is 3. The lowest BCUT2D eigenvalue weighted by atomic mass is 10.2. The number of hydrogen-bond acceptors (Lipinski definition) is 4. The Balaban J connectivity index is 1.87. The molecule has 0 aliphatic carbocycles. The Morgan fingerprint density at radius 2 is 1.87 bits per heavy atom. The summed E-state index contributed by atoms with van der Waals surface area (Å²) in [4.78, 5) is 14.6. The van der Waals surface area contributed by atoms with Gasteiger partial charge < -0.3 is 9.64 Å². The van der Waals surface area contributed by atoms with E-state index in [0.29, 0.717) is 25.3 Å². The first kappa shape index (κ1) is 16.0. The van der Waals surface area contributed by atoms with Gasteiger partial charge >= 0.3 is 0 Å². The van der Waals surface area contributed by atoms with Crippen LogP contribution in [0.15, 0.2) is 41.3 Å². The van der Waals surface area contributed by atoms with E-state index in [1.807, 2.05) is 44.2 Å². The standard InChI is InChI=1S/C17H20ClN3O2/c1-12-9-20(10-13(2)23-12)15-8-19-21(17(22)16(15)18)11-14-6-4-3-5-7-14/h3-8,12-13H,9-11H2,1-2H3/t12-,13-/m1/s1. The van der Waals surface area contributed by atoms with Crippen molar-refractivity contribution in [1.82, 2.24) is 9.78 Å². The van der Waals surface area contributed by atoms with Crippen LogP contribution in [-0.2, 0) is 11.3 Å². The summed E-state index contributed by atoms with van der Waals surface area (Å²) in [6.45, 7) is 5.85. The maximum atomic E-state index is 12.5. The van der Waals surface area contributed by atoms with Crippen molar-refractivity contribution in [2.45, 2.75) is 32.6 Å². The van der Waals surface area contributed by atoms with E-state index in [4.69, 9.17) is 16.3 Å². The van der Waals surface area contributed by atoms with Gasteiger partial charge in [0.25, 0.3) is 5.56 Å². The molecule has 6 heteroatoms. The van der Waals surface area contributed by atoms with Crippen LogP contribution in [0, 0.1) is 0 Å². The number of rotatable bonds is 3. The van der Waals surface area contributed by atoms with Crippen molar-refractivity contribution in [2.75, 3.05) is 18.0 Å². The highest BCUT2D eigenvalue weighted by atomic mass is 35.5. The zero-order valence-electron chi connectivity index (χ0n) is 13.3. The first-order valence-electron chi connectivity index (χ1n) is 7.74. The van der Waals surface area contributed by atoms with Crippen molar-refractivity contribution in [3.8, 4) is 0 Å². The molecular weight excluding hydrogens is 314 g/mol. The lowest BCUT2D eigenvalue weighted by Crippen LogP contribution is -2.46. The van der Waals surface area contributed by atoms with E-state index < -0.39 is 0 Å². The third-order valence-corrected chi connectivity index (χ3v) is 4.26. The molecule has 122 valence electrons. The number of halogens is 1. The third kappa shape index (κ3) is 3.57. The fraction of sp³-hybridized carbons (Fsp3) is 0.412. The average Bonchev–Trinajstić information content (AvgIpc) is 2.52. The van der Waals surface area contributed by atoms with E-state index >= 15 is 0 Å². The number of ether oxygens (including phenoxy) is 1. The van der Waals surface area contributed by atoms with Crippen molar-refractivity contribution in [3.05, 3.63) is 57.5 Å². The summed E-state index contributed by atoms with van der Waals surface area (Å²) in [6.07, 6.45) is 1.88. The lowest BCUT2D eigenvalue weighted by molar-refractivity contribution is -0.00524. The highest BCUT2D eigenvalue weighted by molar-refractivity contribution is 6.33. The molecule has 3 rings (SSSR count). The van der Waals surface area contributed by atoms with Gasteiger partial charge in [-0.25, -0.2) is 4.68 Å². The van der Waals surface area contributed by atoms with Crippen LogP contribution in [0.1, 0.15) is 19.4 Å². The first-order chi connectivity index (χ1) is 11.0. The van der Waals surface area contributed by atoms with Gasteiger partial charge in [-0.3, -0.25) is 4.79 Å². The first-order valence-corrected chi connectivity index (χ1v) is 8.12. The predicted octanol–water partition coefficient (Wildman–Crippen LogP) is 2.56. The van der Waals surface area contributed by atoms with Crippen molar-refractivity contribution in [3.63, 3.8) is 0 Å². The quantitative estimate of drug-likeness (QED) is 0.866. The average molecular weight is 334 g/mol. The zero-order chi connectivity index (χ0) is 16.4. The fourth-order valence-corrected chi connectivity index (χ4v) is 3.19. The molecule has 1 aliphatic rings. The molecule has 0 unspecified atom stereocenters. The molecule has 0 saturated carbocycles. The van der Waals surface area contributed by atoms with Gasteiger partial charge in [-0.1, -0.05) is 41.9 Å². The summed E-state index contributed by atoms with van der Waals surface area (Å²) in [5.41, 5.74) is 1.43. The number of aromatic nitrogens is 2. The van der Waals surface area contributed by atoms with Gasteiger partial charge in [-0.15, -0.1) is 0 Å². The molecule has 2 atom stereocenters. The predicted molar refractivity (Wildman–Crippen MR) is 91.3 cm³/mol. The maximum absolute atomic E-state index is 12.5. The molecule has 23 heavy (non-hydrogen) atoms. The minimum atomic E-state index is -0.264. The van der Waals surface area contributed by atoms with E-state index in [2.05, 4.69) is 10.00 Å². The topological polar surface area (TPSA) is 47.4 Å². The van der Waals surface area contributed by atoms with E-state index in [1.165, 1.54) is 4.68 Å². The lowest BCUT2D eigenvalue weighted by Gasteiger charge is -2.36. The Kier molecular flexibility index (Phi) is 4.68. The highest BCUT2D eigenvalue weighted by Crippen LogP contribution is 2.24. The van der Waals surface area contributed by atoms with Crippen LogP contribution in [0.2, 0.25) is 5.02 Å². The summed E-state index contributed by atoms with van der Waals surface area (Å²) < 4.78 is 7.12. The third-order valence-electron chi connectivity index (χ3n) is 3.90. The van der Waals surface area contributed by atoms with Crippen molar-refractivity contribution in [2.24, 2.45) is 0 Å². The number of hydrogen-bond donors (Lipinski definition) is 0. The summed E-state index contributed by atoms with van der Waals surface area (Å²) >= 11 is 6.34. The molecule has 0 bridgehead atoms. The zero-order valence-corrected chi connectivity index (χ0v) is 14.0. The van der Waals surface area contributed by atoms with Crippen molar-refractivity contribution < 1.29 is 4.74 Å².